The molecule has 0 unspecified atom stereocenters. The summed E-state index contributed by atoms with van der Waals surface area (Å²) in [6.07, 6.45) is 0.0423. The number of hydrogen-bond donors (Lipinski definition) is 1. The lowest BCUT2D eigenvalue weighted by molar-refractivity contribution is -0.135. The van der Waals surface area contributed by atoms with Gasteiger partial charge in [-0.05, 0) is 43.7 Å². The summed E-state index contributed by atoms with van der Waals surface area (Å²) in [5.74, 6) is 1.02. The van der Waals surface area contributed by atoms with Gasteiger partial charge in [0.15, 0.2) is 0 Å². The van der Waals surface area contributed by atoms with Crippen LogP contribution in [0.15, 0.2) is 48.2 Å². The Morgan fingerprint density at radius 3 is 2.14 bits per heavy atom. The lowest BCUT2D eigenvalue weighted by Crippen LogP contribution is -2.27. The summed E-state index contributed by atoms with van der Waals surface area (Å²) in [4.78, 5) is 26.6. The number of anilines is 1. The summed E-state index contributed by atoms with van der Waals surface area (Å²) >= 11 is 0. The molecule has 3 rings (SSSR count). The molecule has 7 heteroatoms. The predicted octanol–water partition coefficient (Wildman–Crippen LogP) is 3.31. The van der Waals surface area contributed by atoms with Crippen LogP contribution in [0.4, 0.5) is 5.69 Å². The molecule has 0 bridgehead atoms. The average molecular weight is 396 g/mol. The molecule has 7 nitrogen and oxygen atoms in total. The van der Waals surface area contributed by atoms with Crippen molar-refractivity contribution in [2.45, 2.75) is 20.0 Å². The highest BCUT2D eigenvalue weighted by molar-refractivity contribution is 6.36. The van der Waals surface area contributed by atoms with Gasteiger partial charge in [0.2, 0.25) is 0 Å². The quantitative estimate of drug-likeness (QED) is 0.724. The summed E-state index contributed by atoms with van der Waals surface area (Å²) in [5.41, 5.74) is 1.67. The van der Waals surface area contributed by atoms with E-state index < -0.39 is 5.91 Å². The van der Waals surface area contributed by atoms with E-state index in [2.05, 4.69) is 5.32 Å². The standard InChI is InChI=1S/C22H24N2O5/c1-13(2)29-15-8-6-14(7-9-15)19-20(22(26)24(3)21(19)25)23-17-11-10-16(27-4)12-18(17)28-5/h6-13,23H,1-5H3. The van der Waals surface area contributed by atoms with Gasteiger partial charge in [-0.1, -0.05) is 12.1 Å². The second-order valence-electron chi connectivity index (χ2n) is 6.80. The Morgan fingerprint density at radius 1 is 0.897 bits per heavy atom. The van der Waals surface area contributed by atoms with Gasteiger partial charge in [0.1, 0.15) is 22.9 Å². The molecule has 2 aromatic rings. The number of likely N-dealkylation sites (N-methyl/N-ethyl adjacent to an activating group) is 1. The van der Waals surface area contributed by atoms with E-state index in [1.54, 1.807) is 49.6 Å². The molecule has 0 fully saturated rings. The monoisotopic (exact) mass is 396 g/mol. The number of hydrogen-bond acceptors (Lipinski definition) is 6. The van der Waals surface area contributed by atoms with Gasteiger partial charge in [0.25, 0.3) is 11.8 Å². The van der Waals surface area contributed by atoms with Gasteiger partial charge < -0.3 is 19.5 Å². The minimum Gasteiger partial charge on any atom is -0.497 e. The van der Waals surface area contributed by atoms with E-state index in [-0.39, 0.29) is 17.7 Å². The van der Waals surface area contributed by atoms with Crippen LogP contribution in [-0.2, 0) is 9.59 Å². The van der Waals surface area contributed by atoms with Crippen LogP contribution in [0.25, 0.3) is 5.57 Å². The molecular formula is C22H24N2O5. The van der Waals surface area contributed by atoms with E-state index >= 15 is 0 Å². The Bertz CT molecular complexity index is 964. The molecule has 0 aromatic heterocycles. The topological polar surface area (TPSA) is 77.1 Å². The van der Waals surface area contributed by atoms with Crippen molar-refractivity contribution in [1.82, 2.24) is 4.90 Å². The summed E-state index contributed by atoms with van der Waals surface area (Å²) < 4.78 is 16.2. The number of nitrogens with one attached hydrogen (secondary N) is 1. The number of amides is 2. The molecule has 1 aliphatic heterocycles. The van der Waals surface area contributed by atoms with Crippen molar-refractivity contribution in [2.75, 3.05) is 26.6 Å². The van der Waals surface area contributed by atoms with Gasteiger partial charge in [-0.15, -0.1) is 0 Å². The summed E-state index contributed by atoms with van der Waals surface area (Å²) in [6.45, 7) is 3.88. The first-order chi connectivity index (χ1) is 13.8. The first-order valence-electron chi connectivity index (χ1n) is 9.18. The lowest BCUT2D eigenvalue weighted by atomic mass is 10.0. The van der Waals surface area contributed by atoms with Crippen LogP contribution in [0.1, 0.15) is 19.4 Å². The predicted molar refractivity (Wildman–Crippen MR) is 110 cm³/mol. The molecule has 1 N–H and O–H groups in total. The number of methoxy groups -OCH3 is 2. The number of carbonyl (C=O) groups is 2. The highest BCUT2D eigenvalue weighted by Gasteiger charge is 2.37. The number of carbonyl (C=O) groups excluding carboxylic acids is 2. The lowest BCUT2D eigenvalue weighted by Gasteiger charge is -2.14. The second-order valence-corrected chi connectivity index (χ2v) is 6.80. The van der Waals surface area contributed by atoms with Crippen LogP contribution in [0.5, 0.6) is 17.2 Å². The van der Waals surface area contributed by atoms with Crippen LogP contribution < -0.4 is 19.5 Å². The molecule has 0 saturated carbocycles. The Morgan fingerprint density at radius 2 is 1.55 bits per heavy atom. The van der Waals surface area contributed by atoms with E-state index in [0.29, 0.717) is 34.1 Å². The minimum atomic E-state index is -0.412. The molecule has 2 amide bonds. The minimum absolute atomic E-state index is 0.0423. The normalized spacial score (nSPS) is 13.9. The SMILES string of the molecule is COc1ccc(NC2=C(c3ccc(OC(C)C)cc3)C(=O)N(C)C2=O)c(OC)c1. The van der Waals surface area contributed by atoms with Crippen molar-refractivity contribution in [3.63, 3.8) is 0 Å². The zero-order valence-electron chi connectivity index (χ0n) is 17.1. The first-order valence-corrected chi connectivity index (χ1v) is 9.18. The van der Waals surface area contributed by atoms with Gasteiger partial charge in [0, 0.05) is 13.1 Å². The molecule has 0 atom stereocenters. The van der Waals surface area contributed by atoms with E-state index in [0.717, 1.165) is 4.90 Å². The number of imide groups is 1. The van der Waals surface area contributed by atoms with Crippen molar-refractivity contribution in [1.29, 1.82) is 0 Å². The number of nitrogens with zero attached hydrogens (tertiary/aromatic N) is 1. The molecular weight excluding hydrogens is 372 g/mol. The van der Waals surface area contributed by atoms with Gasteiger partial charge >= 0.3 is 0 Å². The van der Waals surface area contributed by atoms with Crippen molar-refractivity contribution < 1.29 is 23.8 Å². The maximum Gasteiger partial charge on any atom is 0.277 e. The van der Waals surface area contributed by atoms with Crippen molar-refractivity contribution in [3.05, 3.63) is 53.7 Å². The van der Waals surface area contributed by atoms with Crippen LogP contribution in [0.3, 0.4) is 0 Å². The van der Waals surface area contributed by atoms with Crippen LogP contribution in [-0.4, -0.2) is 44.1 Å². The third-order valence-corrected chi connectivity index (χ3v) is 4.47. The number of ether oxygens (including phenoxy) is 3. The molecule has 0 saturated heterocycles. The molecule has 1 heterocycles. The fraction of sp³-hybridized carbons (Fsp3) is 0.273. The molecule has 29 heavy (non-hydrogen) atoms. The Labute approximate surface area is 169 Å². The van der Waals surface area contributed by atoms with Gasteiger partial charge in [-0.25, -0.2) is 0 Å². The summed E-state index contributed by atoms with van der Waals surface area (Å²) in [5, 5.41) is 3.07. The highest BCUT2D eigenvalue weighted by atomic mass is 16.5. The molecule has 152 valence electrons. The van der Waals surface area contributed by atoms with Crippen LogP contribution in [0, 0.1) is 0 Å². The van der Waals surface area contributed by atoms with Crippen LogP contribution in [0.2, 0.25) is 0 Å². The Kier molecular flexibility index (Phi) is 5.77. The van der Waals surface area contributed by atoms with Crippen molar-refractivity contribution in [3.8, 4) is 17.2 Å². The zero-order chi connectivity index (χ0) is 21.1. The fourth-order valence-electron chi connectivity index (χ4n) is 3.03. The number of benzene rings is 2. The zero-order valence-corrected chi connectivity index (χ0v) is 17.1. The van der Waals surface area contributed by atoms with Gasteiger partial charge in [0.05, 0.1) is 31.6 Å². The Balaban J connectivity index is 2.02. The summed E-state index contributed by atoms with van der Waals surface area (Å²) in [7, 11) is 4.54. The molecule has 0 aliphatic carbocycles. The second kappa shape index (κ2) is 8.26. The Hall–Kier alpha value is -3.48. The number of rotatable bonds is 7. The van der Waals surface area contributed by atoms with E-state index in [4.69, 9.17) is 14.2 Å². The van der Waals surface area contributed by atoms with Crippen LogP contribution >= 0.6 is 0 Å². The average Bonchev–Trinajstić information content (AvgIpc) is 2.92. The van der Waals surface area contributed by atoms with Crippen molar-refractivity contribution >= 4 is 23.1 Å². The maximum atomic E-state index is 12.8. The molecule has 1 aliphatic rings. The van der Waals surface area contributed by atoms with Gasteiger partial charge in [-0.2, -0.15) is 0 Å². The van der Waals surface area contributed by atoms with E-state index in [1.807, 2.05) is 13.8 Å². The largest absolute Gasteiger partial charge is 0.497 e. The molecule has 0 spiro atoms. The summed E-state index contributed by atoms with van der Waals surface area (Å²) in [6, 6.07) is 12.3. The first kappa shape index (κ1) is 20.3. The van der Waals surface area contributed by atoms with Gasteiger partial charge in [-0.3, -0.25) is 14.5 Å². The fourth-order valence-corrected chi connectivity index (χ4v) is 3.03. The van der Waals surface area contributed by atoms with E-state index in [9.17, 15) is 9.59 Å². The molecule has 2 aromatic carbocycles. The maximum absolute atomic E-state index is 12.8. The smallest absolute Gasteiger partial charge is 0.277 e. The van der Waals surface area contributed by atoms with Crippen molar-refractivity contribution in [2.24, 2.45) is 0 Å². The molecule has 0 radical (unpaired) electrons. The van der Waals surface area contributed by atoms with E-state index in [1.165, 1.54) is 14.2 Å². The third-order valence-electron chi connectivity index (χ3n) is 4.47. The third kappa shape index (κ3) is 4.03. The highest BCUT2D eigenvalue weighted by Crippen LogP contribution is 2.35.